The van der Waals surface area contributed by atoms with Crippen molar-refractivity contribution in [1.29, 1.82) is 0 Å². The first-order chi connectivity index (χ1) is 13.2. The standard InChI is InChI=1S/C23H33F3N2/c1-20-11-4-3-6-16(20)7-8-17-18(20)9-12-21(2)19(17)10-13-22(21,23(24,25)26)28-15-5-14-27-28/h5,14-19H,3-4,6-13H2,1-2H3/t16?,17-,18-,19+,20+,21+,22?/m1/s1. The summed E-state index contributed by atoms with van der Waals surface area (Å²) >= 11 is 0. The van der Waals surface area contributed by atoms with Gasteiger partial charge < -0.3 is 0 Å². The van der Waals surface area contributed by atoms with Gasteiger partial charge in [0.25, 0.3) is 0 Å². The second kappa shape index (κ2) is 6.01. The molecule has 0 aliphatic heterocycles. The van der Waals surface area contributed by atoms with Crippen LogP contribution in [0.5, 0.6) is 0 Å². The highest BCUT2D eigenvalue weighted by Gasteiger charge is 2.74. The number of hydrogen-bond acceptors (Lipinski definition) is 1. The average Bonchev–Trinajstić information content (AvgIpc) is 3.26. The molecule has 0 spiro atoms. The molecule has 5 rings (SSSR count). The predicted molar refractivity (Wildman–Crippen MR) is 103 cm³/mol. The molecule has 0 aromatic carbocycles. The maximum atomic E-state index is 14.7. The third-order valence-electron chi connectivity index (χ3n) is 10.1. The Balaban J connectivity index is 1.55. The molecule has 0 bridgehead atoms. The lowest BCUT2D eigenvalue weighted by molar-refractivity contribution is -0.263. The minimum absolute atomic E-state index is 0.164. The molecule has 28 heavy (non-hydrogen) atoms. The van der Waals surface area contributed by atoms with Crippen molar-refractivity contribution in [3.8, 4) is 0 Å². The zero-order chi connectivity index (χ0) is 19.8. The molecule has 0 amide bonds. The van der Waals surface area contributed by atoms with Crippen molar-refractivity contribution < 1.29 is 13.2 Å². The summed E-state index contributed by atoms with van der Waals surface area (Å²) in [7, 11) is 0. The fourth-order valence-corrected chi connectivity index (χ4v) is 8.78. The van der Waals surface area contributed by atoms with Crippen LogP contribution in [0.25, 0.3) is 0 Å². The van der Waals surface area contributed by atoms with Gasteiger partial charge in [0.05, 0.1) is 0 Å². The van der Waals surface area contributed by atoms with Crippen LogP contribution in [0.15, 0.2) is 18.5 Å². The molecule has 0 saturated heterocycles. The number of alkyl halides is 3. The van der Waals surface area contributed by atoms with Gasteiger partial charge in [-0.2, -0.15) is 18.3 Å². The molecule has 2 unspecified atom stereocenters. The number of halogens is 3. The van der Waals surface area contributed by atoms with E-state index in [9.17, 15) is 13.2 Å². The van der Waals surface area contributed by atoms with Crippen LogP contribution in [-0.2, 0) is 5.54 Å². The van der Waals surface area contributed by atoms with Gasteiger partial charge in [-0.25, -0.2) is 0 Å². The smallest absolute Gasteiger partial charge is 0.257 e. The summed E-state index contributed by atoms with van der Waals surface area (Å²) in [6.45, 7) is 4.43. The van der Waals surface area contributed by atoms with E-state index in [0.29, 0.717) is 30.1 Å². The van der Waals surface area contributed by atoms with E-state index in [4.69, 9.17) is 0 Å². The number of hydrogen-bond donors (Lipinski definition) is 0. The van der Waals surface area contributed by atoms with Crippen LogP contribution in [0.3, 0.4) is 0 Å². The van der Waals surface area contributed by atoms with Crippen molar-refractivity contribution in [1.82, 2.24) is 9.78 Å². The van der Waals surface area contributed by atoms with E-state index in [-0.39, 0.29) is 12.3 Å². The van der Waals surface area contributed by atoms with Gasteiger partial charge in [-0.1, -0.05) is 26.7 Å². The largest absolute Gasteiger partial charge is 0.414 e. The van der Waals surface area contributed by atoms with Gasteiger partial charge in [0.15, 0.2) is 5.54 Å². The predicted octanol–water partition coefficient (Wildman–Crippen LogP) is 6.57. The van der Waals surface area contributed by atoms with E-state index in [2.05, 4.69) is 12.0 Å². The number of aromatic nitrogens is 2. The topological polar surface area (TPSA) is 17.8 Å². The van der Waals surface area contributed by atoms with Crippen LogP contribution < -0.4 is 0 Å². The molecule has 4 aliphatic carbocycles. The van der Waals surface area contributed by atoms with Crippen molar-refractivity contribution in [2.45, 2.75) is 89.8 Å². The van der Waals surface area contributed by atoms with E-state index in [1.54, 1.807) is 12.3 Å². The minimum Gasteiger partial charge on any atom is -0.257 e. The third kappa shape index (κ3) is 2.19. The molecule has 2 nitrogen and oxygen atoms in total. The van der Waals surface area contributed by atoms with Crippen LogP contribution in [0.2, 0.25) is 0 Å². The second-order valence-electron chi connectivity index (χ2n) is 10.7. The van der Waals surface area contributed by atoms with Crippen LogP contribution >= 0.6 is 0 Å². The van der Waals surface area contributed by atoms with Crippen molar-refractivity contribution in [2.75, 3.05) is 0 Å². The molecule has 156 valence electrons. The molecule has 1 heterocycles. The number of rotatable bonds is 1. The Morgan fingerprint density at radius 3 is 2.43 bits per heavy atom. The van der Waals surface area contributed by atoms with E-state index >= 15 is 0 Å². The highest BCUT2D eigenvalue weighted by Crippen LogP contribution is 2.72. The lowest BCUT2D eigenvalue weighted by Crippen LogP contribution is -2.61. The normalized spacial score (nSPS) is 48.6. The van der Waals surface area contributed by atoms with Crippen molar-refractivity contribution >= 4 is 0 Å². The summed E-state index contributed by atoms with van der Waals surface area (Å²) in [4.78, 5) is 0. The molecule has 1 aromatic heterocycles. The average molecular weight is 395 g/mol. The Bertz CT molecular complexity index is 729. The van der Waals surface area contributed by atoms with Gasteiger partial charge in [-0.05, 0) is 86.5 Å². The Hall–Kier alpha value is -1.00. The Kier molecular flexibility index (Phi) is 4.08. The third-order valence-corrected chi connectivity index (χ3v) is 10.1. The SMILES string of the molecule is C[C@]12CCCCC1CC[C@@H]1[C@H]2CC[C@@]2(C)[C@H]1CCC2(n1cccn1)C(F)(F)F. The van der Waals surface area contributed by atoms with E-state index < -0.39 is 17.1 Å². The summed E-state index contributed by atoms with van der Waals surface area (Å²) in [5.41, 5.74) is -2.24. The van der Waals surface area contributed by atoms with E-state index in [1.165, 1.54) is 43.0 Å². The van der Waals surface area contributed by atoms with Crippen LogP contribution in [0.4, 0.5) is 13.2 Å². The lowest BCUT2D eigenvalue weighted by Gasteiger charge is -2.61. The monoisotopic (exact) mass is 394 g/mol. The molecule has 4 saturated carbocycles. The molecular formula is C23H33F3N2. The van der Waals surface area contributed by atoms with Crippen LogP contribution in [-0.4, -0.2) is 16.0 Å². The van der Waals surface area contributed by atoms with Gasteiger partial charge in [0.1, 0.15) is 0 Å². The van der Waals surface area contributed by atoms with Gasteiger partial charge in [0.2, 0.25) is 0 Å². The van der Waals surface area contributed by atoms with Gasteiger partial charge in [-0.3, -0.25) is 4.68 Å². The molecule has 7 atom stereocenters. The van der Waals surface area contributed by atoms with Crippen LogP contribution in [0, 0.1) is 34.5 Å². The number of fused-ring (bicyclic) bond motifs is 5. The summed E-state index contributed by atoms with van der Waals surface area (Å²) in [6.07, 6.45) is 8.92. The van der Waals surface area contributed by atoms with Gasteiger partial charge in [-0.15, -0.1) is 0 Å². The molecule has 0 radical (unpaired) electrons. The van der Waals surface area contributed by atoms with E-state index in [0.717, 1.165) is 18.8 Å². The van der Waals surface area contributed by atoms with Crippen LogP contribution in [0.1, 0.15) is 78.1 Å². The molecule has 5 heteroatoms. The Morgan fingerprint density at radius 2 is 1.71 bits per heavy atom. The molecule has 1 aromatic rings. The zero-order valence-electron chi connectivity index (χ0n) is 17.1. The van der Waals surface area contributed by atoms with Gasteiger partial charge in [0, 0.05) is 17.8 Å². The fourth-order valence-electron chi connectivity index (χ4n) is 8.78. The Morgan fingerprint density at radius 1 is 0.929 bits per heavy atom. The van der Waals surface area contributed by atoms with E-state index in [1.807, 2.05) is 6.92 Å². The molecule has 0 N–H and O–H groups in total. The van der Waals surface area contributed by atoms with Crippen molar-refractivity contribution in [3.63, 3.8) is 0 Å². The zero-order valence-corrected chi connectivity index (χ0v) is 17.1. The highest BCUT2D eigenvalue weighted by molar-refractivity contribution is 5.17. The van der Waals surface area contributed by atoms with Crippen molar-refractivity contribution in [3.05, 3.63) is 18.5 Å². The quantitative estimate of drug-likeness (QED) is 0.526. The first-order valence-corrected chi connectivity index (χ1v) is 11.3. The summed E-state index contributed by atoms with van der Waals surface area (Å²) < 4.78 is 45.4. The summed E-state index contributed by atoms with van der Waals surface area (Å²) in [5.74, 6) is 2.03. The fraction of sp³-hybridized carbons (Fsp3) is 0.870. The first kappa shape index (κ1) is 19.0. The second-order valence-corrected chi connectivity index (χ2v) is 10.7. The highest BCUT2D eigenvalue weighted by atomic mass is 19.4. The maximum absolute atomic E-state index is 14.7. The lowest BCUT2D eigenvalue weighted by atomic mass is 9.44. The summed E-state index contributed by atoms with van der Waals surface area (Å²) in [6, 6.07) is 1.64. The molecular weight excluding hydrogens is 361 g/mol. The number of nitrogens with zero attached hydrogens (tertiary/aromatic N) is 2. The first-order valence-electron chi connectivity index (χ1n) is 11.3. The summed E-state index contributed by atoms with van der Waals surface area (Å²) in [5, 5.41) is 4.15. The molecule has 4 aliphatic rings. The maximum Gasteiger partial charge on any atom is 0.414 e. The minimum atomic E-state index is -4.28. The van der Waals surface area contributed by atoms with Crippen molar-refractivity contribution in [2.24, 2.45) is 34.5 Å². The molecule has 4 fully saturated rings. The Labute approximate surface area is 166 Å². The van der Waals surface area contributed by atoms with Gasteiger partial charge >= 0.3 is 6.18 Å².